The molecule has 0 aromatic heterocycles. The third-order valence-electron chi connectivity index (χ3n) is 10.4. The van der Waals surface area contributed by atoms with Crippen molar-refractivity contribution in [1.29, 1.82) is 0 Å². The topological polar surface area (TPSA) is 349 Å². The SMILES string of the molecule is CC(=O)CC[C@H](NC(=O)CCC(NC(=O)COCCOCCNC(=O)COCCOCCNC(=O)CC[C@H](NC(=O)CCCCCCCCCCCCCCCCC(=O)O)C(=O)O)C(=O)O)C(=O)O. The number of nitrogens with one attached hydrogen (secondary N) is 5. The first-order chi connectivity index (χ1) is 33.0. The predicted octanol–water partition coefficient (Wildman–Crippen LogP) is 2.25. The molecule has 0 rings (SSSR count). The quantitative estimate of drug-likeness (QED) is 0.0395. The van der Waals surface area contributed by atoms with Gasteiger partial charge in [0.1, 0.15) is 37.1 Å². The van der Waals surface area contributed by atoms with Crippen molar-refractivity contribution in [1.82, 2.24) is 26.6 Å². The molecule has 69 heavy (non-hydrogen) atoms. The Morgan fingerprint density at radius 2 is 0.696 bits per heavy atom. The summed E-state index contributed by atoms with van der Waals surface area (Å²) in [4.78, 5) is 117. The smallest absolute Gasteiger partial charge is 0.326 e. The second-order valence-corrected chi connectivity index (χ2v) is 16.6. The Kier molecular flexibility index (Phi) is 39.5. The molecule has 396 valence electrons. The van der Waals surface area contributed by atoms with Crippen LogP contribution in [-0.4, -0.2) is 164 Å². The standard InChI is InChI=1S/C46H79N5O18/c1-34(52)18-19-35(44(60)61)50-40(55)23-21-37(46(64)65)51-42(57)33-69-31-29-67-27-25-48-41(56)32-68-30-28-66-26-24-47-38(53)22-20-36(45(62)63)49-39(54)16-14-12-10-8-6-4-2-3-5-7-9-11-13-15-17-43(58)59/h35-37H,2-33H2,1H3,(H,47,53)(H,48,56)(H,49,54)(H,50,55)(H,51,57)(H,58,59)(H,60,61)(H,62,63)(H,64,65)/t35-,36-,37?/m0/s1. The van der Waals surface area contributed by atoms with E-state index in [1.807, 2.05) is 0 Å². The van der Waals surface area contributed by atoms with Crippen LogP contribution in [0, 0.1) is 0 Å². The summed E-state index contributed by atoms with van der Waals surface area (Å²) < 4.78 is 21.1. The van der Waals surface area contributed by atoms with E-state index in [1.54, 1.807) is 0 Å². The minimum absolute atomic E-state index is 0.0246. The highest BCUT2D eigenvalue weighted by Crippen LogP contribution is 2.14. The number of aliphatic carboxylic acids is 4. The lowest BCUT2D eigenvalue weighted by Gasteiger charge is -2.16. The van der Waals surface area contributed by atoms with E-state index in [0.717, 1.165) is 51.4 Å². The maximum Gasteiger partial charge on any atom is 0.326 e. The van der Waals surface area contributed by atoms with Gasteiger partial charge in [0.15, 0.2) is 0 Å². The van der Waals surface area contributed by atoms with Crippen molar-refractivity contribution in [2.75, 3.05) is 65.9 Å². The molecule has 1 unspecified atom stereocenters. The molecule has 0 fully saturated rings. The average molecular weight is 990 g/mol. The molecule has 0 spiro atoms. The first-order valence-corrected chi connectivity index (χ1v) is 24.1. The zero-order valence-electron chi connectivity index (χ0n) is 40.4. The maximum absolute atomic E-state index is 12.3. The zero-order valence-corrected chi connectivity index (χ0v) is 40.4. The Balaban J connectivity index is 3.85. The summed E-state index contributed by atoms with van der Waals surface area (Å²) in [6, 6.07) is -3.92. The first-order valence-electron chi connectivity index (χ1n) is 24.1. The molecule has 0 aliphatic heterocycles. The van der Waals surface area contributed by atoms with E-state index < -0.39 is 72.8 Å². The fraction of sp³-hybridized carbons (Fsp3) is 0.783. The Morgan fingerprint density at radius 1 is 0.362 bits per heavy atom. The Bertz CT molecular complexity index is 1530. The average Bonchev–Trinajstić information content (AvgIpc) is 3.28. The van der Waals surface area contributed by atoms with Crippen molar-refractivity contribution in [3.8, 4) is 0 Å². The predicted molar refractivity (Wildman–Crippen MR) is 248 cm³/mol. The monoisotopic (exact) mass is 990 g/mol. The Morgan fingerprint density at radius 3 is 1.12 bits per heavy atom. The fourth-order valence-corrected chi connectivity index (χ4v) is 6.56. The largest absolute Gasteiger partial charge is 0.481 e. The summed E-state index contributed by atoms with van der Waals surface area (Å²) in [7, 11) is 0. The van der Waals surface area contributed by atoms with Gasteiger partial charge in [-0.2, -0.15) is 0 Å². The van der Waals surface area contributed by atoms with E-state index in [0.29, 0.717) is 6.42 Å². The molecule has 0 heterocycles. The minimum atomic E-state index is -1.44. The van der Waals surface area contributed by atoms with E-state index in [2.05, 4.69) is 26.6 Å². The summed E-state index contributed by atoms with van der Waals surface area (Å²) in [5, 5.41) is 49.0. The van der Waals surface area contributed by atoms with E-state index in [4.69, 9.17) is 24.1 Å². The van der Waals surface area contributed by atoms with Crippen LogP contribution in [0.1, 0.15) is 148 Å². The number of ether oxygens (including phenoxy) is 4. The molecule has 9 N–H and O–H groups in total. The summed E-state index contributed by atoms with van der Waals surface area (Å²) in [5.74, 6) is -7.60. The molecule has 0 aliphatic rings. The summed E-state index contributed by atoms with van der Waals surface area (Å²) in [6.07, 6.45) is 14.3. The number of carbonyl (C=O) groups excluding carboxylic acids is 6. The third-order valence-corrected chi connectivity index (χ3v) is 10.4. The molecular weight excluding hydrogens is 911 g/mol. The number of carboxylic acids is 4. The van der Waals surface area contributed by atoms with Crippen molar-refractivity contribution in [3.63, 3.8) is 0 Å². The van der Waals surface area contributed by atoms with Crippen LogP contribution < -0.4 is 26.6 Å². The van der Waals surface area contributed by atoms with Gasteiger partial charge in [-0.1, -0.05) is 77.0 Å². The van der Waals surface area contributed by atoms with Gasteiger partial charge in [-0.3, -0.25) is 28.8 Å². The highest BCUT2D eigenvalue weighted by molar-refractivity contribution is 5.87. The molecule has 0 aromatic rings. The number of carboxylic acid groups (broad SMARTS) is 4. The second kappa shape index (κ2) is 42.8. The van der Waals surface area contributed by atoms with Crippen LogP contribution in [0.4, 0.5) is 0 Å². The Hall–Kier alpha value is -5.26. The maximum atomic E-state index is 12.3. The number of carbonyl (C=O) groups is 10. The van der Waals surface area contributed by atoms with Gasteiger partial charge in [0.05, 0.1) is 39.6 Å². The van der Waals surface area contributed by atoms with E-state index in [9.17, 15) is 63.3 Å². The van der Waals surface area contributed by atoms with Gasteiger partial charge in [0, 0.05) is 45.2 Å². The molecule has 0 bridgehead atoms. The highest BCUT2D eigenvalue weighted by atomic mass is 16.5. The molecule has 3 atom stereocenters. The van der Waals surface area contributed by atoms with Crippen molar-refractivity contribution in [3.05, 3.63) is 0 Å². The van der Waals surface area contributed by atoms with E-state index >= 15 is 0 Å². The summed E-state index contributed by atoms with van der Waals surface area (Å²) in [6.45, 7) is 1.42. The van der Waals surface area contributed by atoms with E-state index in [1.165, 1.54) is 39.0 Å². The van der Waals surface area contributed by atoms with Gasteiger partial charge in [0.2, 0.25) is 29.5 Å². The number of ketones is 1. The second-order valence-electron chi connectivity index (χ2n) is 16.6. The van der Waals surface area contributed by atoms with Gasteiger partial charge in [-0.15, -0.1) is 0 Å². The molecule has 0 saturated heterocycles. The minimum Gasteiger partial charge on any atom is -0.481 e. The highest BCUT2D eigenvalue weighted by Gasteiger charge is 2.25. The molecular formula is C46H79N5O18. The van der Waals surface area contributed by atoms with Gasteiger partial charge >= 0.3 is 23.9 Å². The zero-order chi connectivity index (χ0) is 51.5. The summed E-state index contributed by atoms with van der Waals surface area (Å²) >= 11 is 0. The van der Waals surface area contributed by atoms with E-state index in [-0.39, 0.29) is 122 Å². The van der Waals surface area contributed by atoms with Crippen LogP contribution in [0.15, 0.2) is 0 Å². The van der Waals surface area contributed by atoms with Crippen LogP contribution in [-0.2, 0) is 66.9 Å². The van der Waals surface area contributed by atoms with Gasteiger partial charge in [-0.05, 0) is 39.0 Å². The lowest BCUT2D eigenvalue weighted by atomic mass is 10.0. The van der Waals surface area contributed by atoms with Crippen molar-refractivity contribution in [2.24, 2.45) is 0 Å². The van der Waals surface area contributed by atoms with Gasteiger partial charge in [-0.25, -0.2) is 14.4 Å². The normalized spacial score (nSPS) is 12.2. The summed E-state index contributed by atoms with van der Waals surface area (Å²) in [5.41, 5.74) is 0. The van der Waals surface area contributed by atoms with Gasteiger partial charge in [0.25, 0.3) is 0 Å². The molecule has 5 amide bonds. The lowest BCUT2D eigenvalue weighted by Crippen LogP contribution is -2.45. The number of hydrogen-bond acceptors (Lipinski definition) is 14. The van der Waals surface area contributed by atoms with Crippen molar-refractivity contribution < 1.29 is 87.3 Å². The number of hydrogen-bond donors (Lipinski definition) is 9. The van der Waals surface area contributed by atoms with Crippen LogP contribution in [0.5, 0.6) is 0 Å². The van der Waals surface area contributed by atoms with Crippen molar-refractivity contribution >= 4 is 59.2 Å². The molecule has 0 aliphatic carbocycles. The van der Waals surface area contributed by atoms with Crippen LogP contribution in [0.2, 0.25) is 0 Å². The van der Waals surface area contributed by atoms with Gasteiger partial charge < -0.3 is 70.8 Å². The number of amides is 5. The third kappa shape index (κ3) is 41.4. The molecule has 23 heteroatoms. The molecule has 0 radical (unpaired) electrons. The number of unbranched alkanes of at least 4 members (excludes halogenated alkanes) is 13. The Labute approximate surface area is 404 Å². The first kappa shape index (κ1) is 63.7. The molecule has 23 nitrogen and oxygen atoms in total. The molecule has 0 aromatic carbocycles. The van der Waals surface area contributed by atoms with Crippen molar-refractivity contribution in [2.45, 2.75) is 166 Å². The van der Waals surface area contributed by atoms with Crippen LogP contribution >= 0.6 is 0 Å². The number of Topliss-reactive ketones (excluding diaryl/α,β-unsaturated/α-hetero) is 1. The lowest BCUT2D eigenvalue weighted by molar-refractivity contribution is -0.144. The fourth-order valence-electron chi connectivity index (χ4n) is 6.56. The van der Waals surface area contributed by atoms with Crippen LogP contribution in [0.3, 0.4) is 0 Å². The number of rotatable bonds is 48. The molecule has 0 saturated carbocycles. The van der Waals surface area contributed by atoms with Crippen LogP contribution in [0.25, 0.3) is 0 Å².